The van der Waals surface area contributed by atoms with E-state index in [1.54, 1.807) is 6.92 Å². The van der Waals surface area contributed by atoms with Gasteiger partial charge in [0.25, 0.3) is 0 Å². The molecule has 0 aliphatic carbocycles. The summed E-state index contributed by atoms with van der Waals surface area (Å²) in [6, 6.07) is 0. The molecule has 0 amide bonds. The molecule has 0 aromatic carbocycles. The molecule has 0 rings (SSSR count). The Morgan fingerprint density at radius 1 is 1.88 bits per heavy atom. The van der Waals surface area contributed by atoms with E-state index in [0.717, 1.165) is 6.08 Å². The van der Waals surface area contributed by atoms with Gasteiger partial charge in [0, 0.05) is 6.08 Å². The maximum absolute atomic E-state index is 10.1. The van der Waals surface area contributed by atoms with Crippen molar-refractivity contribution in [3.05, 3.63) is 12.7 Å². The van der Waals surface area contributed by atoms with Gasteiger partial charge in [0.05, 0.1) is 6.61 Å². The van der Waals surface area contributed by atoms with Crippen molar-refractivity contribution in [1.29, 1.82) is 0 Å². The molecule has 0 aromatic rings. The fourth-order valence-corrected chi connectivity index (χ4v) is 0.201. The lowest BCUT2D eigenvalue weighted by atomic mass is 10.6. The number of hydrogen-bond acceptors (Lipinski definition) is 3. The van der Waals surface area contributed by atoms with E-state index in [9.17, 15) is 4.79 Å². The van der Waals surface area contributed by atoms with Crippen LogP contribution in [0.1, 0.15) is 6.92 Å². The van der Waals surface area contributed by atoms with E-state index >= 15 is 0 Å². The highest BCUT2D eigenvalue weighted by Gasteiger charge is 1.86. The third-order valence-electron chi connectivity index (χ3n) is 0.453. The minimum Gasteiger partial charge on any atom is -0.463 e. The molecule has 0 bridgehead atoms. The predicted octanol–water partition coefficient (Wildman–Crippen LogP) is 0.897. The van der Waals surface area contributed by atoms with Crippen molar-refractivity contribution in [2.45, 2.75) is 6.92 Å². The summed E-state index contributed by atoms with van der Waals surface area (Å²) in [7, 11) is 0. The molecular formula is C5H11NO2. The largest absolute Gasteiger partial charge is 0.463 e. The van der Waals surface area contributed by atoms with Gasteiger partial charge in [-0.1, -0.05) is 6.58 Å². The maximum Gasteiger partial charge on any atom is 0.330 e. The van der Waals surface area contributed by atoms with Crippen LogP contribution in [0.5, 0.6) is 0 Å². The van der Waals surface area contributed by atoms with E-state index in [-0.39, 0.29) is 12.1 Å². The quantitative estimate of drug-likeness (QED) is 0.431. The Morgan fingerprint density at radius 3 is 2.50 bits per heavy atom. The van der Waals surface area contributed by atoms with Gasteiger partial charge in [-0.2, -0.15) is 0 Å². The van der Waals surface area contributed by atoms with E-state index in [2.05, 4.69) is 11.3 Å². The minimum absolute atomic E-state index is 0. The topological polar surface area (TPSA) is 61.3 Å². The van der Waals surface area contributed by atoms with Gasteiger partial charge in [-0.15, -0.1) is 0 Å². The maximum atomic E-state index is 10.1. The van der Waals surface area contributed by atoms with Crippen LogP contribution in [0.4, 0.5) is 0 Å². The molecular weight excluding hydrogens is 106 g/mol. The van der Waals surface area contributed by atoms with Crippen LogP contribution in [-0.4, -0.2) is 12.6 Å². The lowest BCUT2D eigenvalue weighted by Gasteiger charge is -1.90. The summed E-state index contributed by atoms with van der Waals surface area (Å²) in [6.07, 6.45) is 1.14. The lowest BCUT2D eigenvalue weighted by Crippen LogP contribution is -1.97. The molecule has 0 saturated carbocycles. The van der Waals surface area contributed by atoms with Crippen molar-refractivity contribution >= 4 is 5.97 Å². The van der Waals surface area contributed by atoms with Crippen LogP contribution in [-0.2, 0) is 9.53 Å². The van der Waals surface area contributed by atoms with E-state index in [1.165, 1.54) is 0 Å². The molecule has 8 heavy (non-hydrogen) atoms. The molecule has 0 aliphatic rings. The first-order chi connectivity index (χ1) is 3.31. The van der Waals surface area contributed by atoms with Gasteiger partial charge in [0.2, 0.25) is 0 Å². The van der Waals surface area contributed by atoms with Crippen molar-refractivity contribution in [2.75, 3.05) is 6.61 Å². The molecule has 0 heterocycles. The third-order valence-corrected chi connectivity index (χ3v) is 0.453. The molecule has 3 N–H and O–H groups in total. The Bertz CT molecular complexity index is 80.5. The molecule has 3 heteroatoms. The first-order valence-electron chi connectivity index (χ1n) is 2.10. The average Bonchev–Trinajstić information content (AvgIpc) is 1.68. The number of esters is 1. The van der Waals surface area contributed by atoms with Gasteiger partial charge in [0.15, 0.2) is 0 Å². The molecule has 0 fully saturated rings. The van der Waals surface area contributed by atoms with Crippen LogP contribution >= 0.6 is 0 Å². The molecule has 0 atom stereocenters. The molecule has 0 aliphatic heterocycles. The highest BCUT2D eigenvalue weighted by atomic mass is 16.5. The van der Waals surface area contributed by atoms with Crippen molar-refractivity contribution in [3.8, 4) is 0 Å². The zero-order chi connectivity index (χ0) is 5.70. The van der Waals surface area contributed by atoms with Crippen molar-refractivity contribution < 1.29 is 9.53 Å². The van der Waals surface area contributed by atoms with Gasteiger partial charge < -0.3 is 10.9 Å². The van der Waals surface area contributed by atoms with Crippen molar-refractivity contribution in [1.82, 2.24) is 6.15 Å². The van der Waals surface area contributed by atoms with Crippen LogP contribution in [0.15, 0.2) is 12.7 Å². The smallest absolute Gasteiger partial charge is 0.330 e. The Balaban J connectivity index is 0. The number of carbonyl (C=O) groups excluding carboxylic acids is 1. The van der Waals surface area contributed by atoms with Crippen LogP contribution in [0.3, 0.4) is 0 Å². The standard InChI is InChI=1S/C5H8O2.H3N/c1-3-5(6)7-4-2;/h3H,1,4H2,2H3;1H3. The fourth-order valence-electron chi connectivity index (χ4n) is 0.201. The van der Waals surface area contributed by atoms with Crippen molar-refractivity contribution in [2.24, 2.45) is 0 Å². The van der Waals surface area contributed by atoms with Gasteiger partial charge in [-0.25, -0.2) is 4.79 Å². The van der Waals surface area contributed by atoms with Crippen LogP contribution in [0, 0.1) is 0 Å². The van der Waals surface area contributed by atoms with Crippen LogP contribution in [0.2, 0.25) is 0 Å². The Hall–Kier alpha value is -0.830. The van der Waals surface area contributed by atoms with E-state index in [4.69, 9.17) is 0 Å². The SMILES string of the molecule is C=CC(=O)OCC.N. The Labute approximate surface area is 48.9 Å². The molecule has 0 spiro atoms. The van der Waals surface area contributed by atoms with Gasteiger partial charge in [-0.05, 0) is 6.92 Å². The highest BCUT2D eigenvalue weighted by molar-refractivity contribution is 5.81. The third kappa shape index (κ3) is 5.17. The van der Waals surface area contributed by atoms with Crippen LogP contribution in [0.25, 0.3) is 0 Å². The lowest BCUT2D eigenvalue weighted by molar-refractivity contribution is -0.137. The second-order valence-corrected chi connectivity index (χ2v) is 0.956. The molecule has 0 saturated heterocycles. The molecule has 0 unspecified atom stereocenters. The number of ether oxygens (including phenoxy) is 1. The summed E-state index contributed by atoms with van der Waals surface area (Å²) in [5.74, 6) is -0.359. The second kappa shape index (κ2) is 6.17. The first-order valence-corrected chi connectivity index (χ1v) is 2.10. The fraction of sp³-hybridized carbons (Fsp3) is 0.400. The number of hydrogen-bond donors (Lipinski definition) is 1. The monoisotopic (exact) mass is 117 g/mol. The summed E-state index contributed by atoms with van der Waals surface area (Å²) in [4.78, 5) is 10.1. The summed E-state index contributed by atoms with van der Waals surface area (Å²) >= 11 is 0. The summed E-state index contributed by atoms with van der Waals surface area (Å²) in [6.45, 7) is 5.38. The molecule has 0 aromatic heterocycles. The van der Waals surface area contributed by atoms with Gasteiger partial charge in [0.1, 0.15) is 0 Å². The molecule has 0 radical (unpaired) electrons. The van der Waals surface area contributed by atoms with Gasteiger partial charge >= 0.3 is 5.97 Å². The van der Waals surface area contributed by atoms with E-state index in [1.807, 2.05) is 0 Å². The first kappa shape index (κ1) is 10.2. The molecule has 48 valence electrons. The van der Waals surface area contributed by atoms with Crippen molar-refractivity contribution in [3.63, 3.8) is 0 Å². The zero-order valence-corrected chi connectivity index (χ0v) is 5.02. The van der Waals surface area contributed by atoms with Crippen LogP contribution < -0.4 is 6.15 Å². The minimum atomic E-state index is -0.359. The highest BCUT2D eigenvalue weighted by Crippen LogP contribution is 1.74. The second-order valence-electron chi connectivity index (χ2n) is 0.956. The van der Waals surface area contributed by atoms with E-state index in [0.29, 0.717) is 6.61 Å². The molecule has 3 nitrogen and oxygen atoms in total. The zero-order valence-electron chi connectivity index (χ0n) is 5.02. The number of carbonyl (C=O) groups is 1. The normalized spacial score (nSPS) is 6.62. The number of rotatable bonds is 2. The average molecular weight is 117 g/mol. The predicted molar refractivity (Wildman–Crippen MR) is 31.9 cm³/mol. The summed E-state index contributed by atoms with van der Waals surface area (Å²) < 4.78 is 4.43. The summed E-state index contributed by atoms with van der Waals surface area (Å²) in [5.41, 5.74) is 0. The van der Waals surface area contributed by atoms with Gasteiger partial charge in [-0.3, -0.25) is 0 Å². The summed E-state index contributed by atoms with van der Waals surface area (Å²) in [5, 5.41) is 0. The Kier molecular flexibility index (Phi) is 7.88. The Morgan fingerprint density at radius 2 is 2.38 bits per heavy atom. The van der Waals surface area contributed by atoms with E-state index < -0.39 is 0 Å².